The van der Waals surface area contributed by atoms with Crippen molar-refractivity contribution in [2.75, 3.05) is 0 Å². The van der Waals surface area contributed by atoms with Crippen LogP contribution in [0.3, 0.4) is 0 Å². The summed E-state index contributed by atoms with van der Waals surface area (Å²) in [5, 5.41) is 15.1. The number of aryl methyl sites for hydroxylation is 1. The van der Waals surface area contributed by atoms with Crippen LogP contribution in [0.5, 0.6) is 0 Å². The van der Waals surface area contributed by atoms with E-state index in [1.54, 1.807) is 6.20 Å². The zero-order chi connectivity index (χ0) is 14.8. The number of nitrogens with zero attached hydrogens (tertiary/aromatic N) is 5. The smallest absolute Gasteiger partial charge is 0.242 e. The van der Waals surface area contributed by atoms with Gasteiger partial charge in [0.15, 0.2) is 0 Å². The topological polar surface area (TPSA) is 104 Å². The number of rotatable bonds is 4. The number of hydrogen-bond acceptors (Lipinski definition) is 5. The summed E-state index contributed by atoms with van der Waals surface area (Å²) in [4.78, 5) is 12.1. The highest BCUT2D eigenvalue weighted by molar-refractivity contribution is 5.76. The van der Waals surface area contributed by atoms with Gasteiger partial charge in [-0.3, -0.25) is 9.48 Å². The third-order valence-corrected chi connectivity index (χ3v) is 3.81. The lowest BCUT2D eigenvalue weighted by atomic mass is 9.93. The predicted octanol–water partition coefficient (Wildman–Crippen LogP) is -0.336. The van der Waals surface area contributed by atoms with Crippen LogP contribution in [0.1, 0.15) is 35.8 Å². The van der Waals surface area contributed by atoms with Crippen LogP contribution < -0.4 is 11.1 Å². The lowest BCUT2D eigenvalue weighted by Gasteiger charge is -2.23. The van der Waals surface area contributed by atoms with Crippen molar-refractivity contribution in [3.63, 3.8) is 0 Å². The SMILES string of the molecule is Cn1ncc2c1CCCC2NC(=O)Cn1cc(CN)nn1. The van der Waals surface area contributed by atoms with Crippen molar-refractivity contribution < 1.29 is 4.79 Å². The van der Waals surface area contributed by atoms with E-state index in [0.29, 0.717) is 12.2 Å². The lowest BCUT2D eigenvalue weighted by Crippen LogP contribution is -2.33. The Morgan fingerprint density at radius 1 is 1.57 bits per heavy atom. The molecule has 112 valence electrons. The molecule has 1 aliphatic rings. The van der Waals surface area contributed by atoms with Crippen LogP contribution in [-0.2, 0) is 31.4 Å². The molecular weight excluding hydrogens is 270 g/mol. The van der Waals surface area contributed by atoms with E-state index < -0.39 is 0 Å². The molecule has 2 aromatic heterocycles. The first-order chi connectivity index (χ1) is 10.2. The number of nitrogens with one attached hydrogen (secondary N) is 1. The van der Waals surface area contributed by atoms with Crippen LogP contribution in [0.25, 0.3) is 0 Å². The molecule has 2 heterocycles. The van der Waals surface area contributed by atoms with Crippen LogP contribution in [-0.4, -0.2) is 30.7 Å². The maximum absolute atomic E-state index is 12.1. The van der Waals surface area contributed by atoms with Gasteiger partial charge in [0, 0.05) is 24.8 Å². The number of carbonyl (C=O) groups excluding carboxylic acids is 1. The summed E-state index contributed by atoms with van der Waals surface area (Å²) in [6, 6.07) is 0.0347. The maximum Gasteiger partial charge on any atom is 0.242 e. The van der Waals surface area contributed by atoms with Gasteiger partial charge in [-0.15, -0.1) is 5.10 Å². The van der Waals surface area contributed by atoms with Crippen molar-refractivity contribution in [2.45, 2.75) is 38.4 Å². The molecule has 1 atom stereocenters. The van der Waals surface area contributed by atoms with Gasteiger partial charge in [0.05, 0.1) is 24.1 Å². The van der Waals surface area contributed by atoms with E-state index in [9.17, 15) is 4.79 Å². The Morgan fingerprint density at radius 2 is 2.43 bits per heavy atom. The fraction of sp³-hybridized carbons (Fsp3) is 0.538. The first-order valence-corrected chi connectivity index (χ1v) is 7.06. The van der Waals surface area contributed by atoms with Gasteiger partial charge in [0.25, 0.3) is 0 Å². The largest absolute Gasteiger partial charge is 0.348 e. The van der Waals surface area contributed by atoms with E-state index in [4.69, 9.17) is 5.73 Å². The fourth-order valence-electron chi connectivity index (χ4n) is 2.75. The Balaban J connectivity index is 1.65. The number of aromatic nitrogens is 5. The molecule has 8 nitrogen and oxygen atoms in total. The van der Waals surface area contributed by atoms with Gasteiger partial charge in [-0.05, 0) is 19.3 Å². The van der Waals surface area contributed by atoms with Crippen LogP contribution in [0, 0.1) is 0 Å². The lowest BCUT2D eigenvalue weighted by molar-refractivity contribution is -0.122. The highest BCUT2D eigenvalue weighted by atomic mass is 16.2. The fourth-order valence-corrected chi connectivity index (χ4v) is 2.75. The molecule has 0 aliphatic heterocycles. The Labute approximate surface area is 122 Å². The van der Waals surface area contributed by atoms with Gasteiger partial charge in [-0.2, -0.15) is 5.10 Å². The van der Waals surface area contributed by atoms with Gasteiger partial charge in [-0.25, -0.2) is 4.68 Å². The second-order valence-corrected chi connectivity index (χ2v) is 5.29. The molecular formula is C13H19N7O. The molecule has 1 amide bonds. The summed E-state index contributed by atoms with van der Waals surface area (Å²) in [5.74, 6) is -0.0785. The van der Waals surface area contributed by atoms with E-state index in [-0.39, 0.29) is 18.5 Å². The second kappa shape index (κ2) is 5.65. The Bertz CT molecular complexity index is 645. The monoisotopic (exact) mass is 289 g/mol. The minimum absolute atomic E-state index is 0.0347. The summed E-state index contributed by atoms with van der Waals surface area (Å²) < 4.78 is 3.39. The average molecular weight is 289 g/mol. The normalized spacial score (nSPS) is 17.5. The molecule has 1 aliphatic carbocycles. The first-order valence-electron chi connectivity index (χ1n) is 7.06. The van der Waals surface area contributed by atoms with Crippen molar-refractivity contribution in [2.24, 2.45) is 12.8 Å². The summed E-state index contributed by atoms with van der Waals surface area (Å²) in [7, 11) is 1.94. The molecule has 2 aromatic rings. The minimum atomic E-state index is -0.0785. The zero-order valence-electron chi connectivity index (χ0n) is 12.0. The summed E-state index contributed by atoms with van der Waals surface area (Å²) in [5.41, 5.74) is 8.48. The molecule has 8 heteroatoms. The van der Waals surface area contributed by atoms with Gasteiger partial charge in [-0.1, -0.05) is 5.21 Å². The van der Waals surface area contributed by atoms with Crippen LogP contribution in [0.4, 0.5) is 0 Å². The quantitative estimate of drug-likeness (QED) is 0.801. The highest BCUT2D eigenvalue weighted by Gasteiger charge is 2.24. The van der Waals surface area contributed by atoms with Gasteiger partial charge < -0.3 is 11.1 Å². The van der Waals surface area contributed by atoms with E-state index >= 15 is 0 Å². The van der Waals surface area contributed by atoms with E-state index in [1.807, 2.05) is 17.9 Å². The molecule has 3 rings (SSSR count). The van der Waals surface area contributed by atoms with Gasteiger partial charge in [0.1, 0.15) is 6.54 Å². The Hall–Kier alpha value is -2.22. The van der Waals surface area contributed by atoms with Crippen molar-refractivity contribution in [1.29, 1.82) is 0 Å². The predicted molar refractivity (Wildman–Crippen MR) is 74.9 cm³/mol. The maximum atomic E-state index is 12.1. The molecule has 0 saturated carbocycles. The van der Waals surface area contributed by atoms with Gasteiger partial charge in [0.2, 0.25) is 5.91 Å². The molecule has 0 aromatic carbocycles. The third kappa shape index (κ3) is 2.80. The number of amides is 1. The van der Waals surface area contributed by atoms with Crippen LogP contribution >= 0.6 is 0 Å². The zero-order valence-corrected chi connectivity index (χ0v) is 12.0. The van der Waals surface area contributed by atoms with Crippen molar-refractivity contribution in [3.8, 4) is 0 Å². The van der Waals surface area contributed by atoms with Crippen LogP contribution in [0.2, 0.25) is 0 Å². The van der Waals surface area contributed by atoms with Crippen molar-refractivity contribution >= 4 is 5.91 Å². The summed E-state index contributed by atoms with van der Waals surface area (Å²) in [6.45, 7) is 0.475. The number of carbonyl (C=O) groups is 1. The molecule has 0 saturated heterocycles. The van der Waals surface area contributed by atoms with E-state index in [2.05, 4.69) is 20.7 Å². The number of fused-ring (bicyclic) bond motifs is 1. The number of nitrogens with two attached hydrogens (primary N) is 1. The molecule has 0 spiro atoms. The Kier molecular flexibility index (Phi) is 3.70. The first kappa shape index (κ1) is 13.7. The highest BCUT2D eigenvalue weighted by Crippen LogP contribution is 2.28. The molecule has 3 N–H and O–H groups in total. The van der Waals surface area contributed by atoms with E-state index in [1.165, 1.54) is 10.4 Å². The molecule has 21 heavy (non-hydrogen) atoms. The molecule has 1 unspecified atom stereocenters. The number of hydrogen-bond donors (Lipinski definition) is 2. The Morgan fingerprint density at radius 3 is 3.19 bits per heavy atom. The second-order valence-electron chi connectivity index (χ2n) is 5.29. The summed E-state index contributed by atoms with van der Waals surface area (Å²) >= 11 is 0. The molecule has 0 fully saturated rings. The minimum Gasteiger partial charge on any atom is -0.348 e. The molecule has 0 radical (unpaired) electrons. The van der Waals surface area contributed by atoms with Crippen molar-refractivity contribution in [3.05, 3.63) is 29.3 Å². The van der Waals surface area contributed by atoms with Crippen molar-refractivity contribution in [1.82, 2.24) is 30.1 Å². The third-order valence-electron chi connectivity index (χ3n) is 3.81. The van der Waals surface area contributed by atoms with Crippen LogP contribution in [0.15, 0.2) is 12.4 Å². The van der Waals surface area contributed by atoms with E-state index in [0.717, 1.165) is 24.8 Å². The average Bonchev–Trinajstić information content (AvgIpc) is 3.07. The van der Waals surface area contributed by atoms with Gasteiger partial charge >= 0.3 is 0 Å². The standard InChI is InChI=1S/C13H19N7O/c1-19-12-4-2-3-11(10(12)6-15-19)16-13(21)8-20-7-9(5-14)17-18-20/h6-7,11H,2-5,8,14H2,1H3,(H,16,21). The summed E-state index contributed by atoms with van der Waals surface area (Å²) in [6.07, 6.45) is 6.55. The molecule has 0 bridgehead atoms.